The molecule has 3 heterocycles. The third-order valence-electron chi connectivity index (χ3n) is 8.45. The molecule has 2 fully saturated rings. The average Bonchev–Trinajstić information content (AvgIpc) is 3.40. The van der Waals surface area contributed by atoms with Gasteiger partial charge in [-0.3, -0.25) is 9.59 Å². The third kappa shape index (κ3) is 3.86. The van der Waals surface area contributed by atoms with Crippen LogP contribution in [-0.2, 0) is 14.9 Å². The second-order valence-electron chi connectivity index (χ2n) is 14.3. The van der Waals surface area contributed by atoms with Gasteiger partial charge in [0, 0.05) is 23.3 Å². The number of carbonyl (C=O) groups is 2. The van der Waals surface area contributed by atoms with Gasteiger partial charge in [0.25, 0.3) is 5.91 Å². The Morgan fingerprint density at radius 2 is 1.61 bits per heavy atom. The number of benzene rings is 2. The Balaban J connectivity index is 1.74. The van der Waals surface area contributed by atoms with E-state index in [1.54, 1.807) is 0 Å². The van der Waals surface area contributed by atoms with Gasteiger partial charge in [0.05, 0.1) is 11.5 Å². The molecule has 3 aliphatic rings. The molecule has 6 heteroatoms. The summed E-state index contributed by atoms with van der Waals surface area (Å²) in [5, 5.41) is 7.05. The number of para-hydroxylation sites is 1. The first-order valence-corrected chi connectivity index (χ1v) is 13.8. The molecular weight excluding hydrogens is 474 g/mol. The normalized spacial score (nSPS) is 28.4. The molecule has 0 bridgehead atoms. The van der Waals surface area contributed by atoms with Crippen molar-refractivity contribution in [3.8, 4) is 0 Å². The van der Waals surface area contributed by atoms with Crippen LogP contribution in [0.15, 0.2) is 54.6 Å². The lowest BCUT2D eigenvalue weighted by molar-refractivity contribution is -0.143. The number of amides is 2. The van der Waals surface area contributed by atoms with Crippen LogP contribution in [0.4, 0.5) is 5.69 Å². The van der Waals surface area contributed by atoms with Crippen LogP contribution in [0, 0.1) is 10.8 Å². The molecule has 3 aliphatic heterocycles. The van der Waals surface area contributed by atoms with Crippen molar-refractivity contribution in [1.82, 2.24) is 10.2 Å². The van der Waals surface area contributed by atoms with Crippen LogP contribution in [-0.4, -0.2) is 46.7 Å². The topological polar surface area (TPSA) is 70.7 Å². The van der Waals surface area contributed by atoms with Gasteiger partial charge in [-0.05, 0) is 61.3 Å². The number of rotatable bonds is 4. The fraction of sp³-hybridized carbons (Fsp3) is 0.562. The van der Waals surface area contributed by atoms with E-state index in [1.807, 2.05) is 53.4 Å². The summed E-state index contributed by atoms with van der Waals surface area (Å²) in [7, 11) is 0. The summed E-state index contributed by atoms with van der Waals surface area (Å²) in [5.74, 6) is -0.261. The molecule has 0 aromatic heterocycles. The van der Waals surface area contributed by atoms with Crippen LogP contribution in [0.3, 0.4) is 0 Å². The van der Waals surface area contributed by atoms with Crippen LogP contribution in [0.2, 0.25) is 0 Å². The van der Waals surface area contributed by atoms with Crippen molar-refractivity contribution in [2.75, 3.05) is 11.9 Å². The summed E-state index contributed by atoms with van der Waals surface area (Å²) in [6, 6.07) is 17.5. The lowest BCUT2D eigenvalue weighted by Crippen LogP contribution is -2.72. The van der Waals surface area contributed by atoms with Crippen molar-refractivity contribution in [3.05, 3.63) is 65.7 Å². The molecule has 0 unspecified atom stereocenters. The van der Waals surface area contributed by atoms with Crippen molar-refractivity contribution in [2.24, 2.45) is 10.8 Å². The van der Waals surface area contributed by atoms with Gasteiger partial charge in [-0.2, -0.15) is 0 Å². The van der Waals surface area contributed by atoms with Gasteiger partial charge in [-0.15, -0.1) is 0 Å². The van der Waals surface area contributed by atoms with Crippen molar-refractivity contribution in [1.29, 1.82) is 0 Å². The standard InChI is InChI=1S/C32H43N3O3/c1-28(2,3)20-30(7,8)34-26(37)32-25(29(4,5)6)38-27-31(32,22-16-12-13-17-23(22)33-27)18-19-35(32)24(36)21-14-10-9-11-15-21/h9-17,25,27,33H,18-20H2,1-8H3,(H,34,37)/t25-,27+,31+,32-/m1/s1. The van der Waals surface area contributed by atoms with Crippen LogP contribution >= 0.6 is 0 Å². The van der Waals surface area contributed by atoms with E-state index in [4.69, 9.17) is 4.74 Å². The fourth-order valence-electron chi connectivity index (χ4n) is 7.78. The van der Waals surface area contributed by atoms with E-state index in [9.17, 15) is 4.79 Å². The number of hydrogen-bond donors (Lipinski definition) is 2. The minimum Gasteiger partial charge on any atom is -0.359 e. The number of carbonyl (C=O) groups excluding carboxylic acids is 2. The highest BCUT2D eigenvalue weighted by atomic mass is 16.5. The summed E-state index contributed by atoms with van der Waals surface area (Å²) >= 11 is 0. The molecule has 0 radical (unpaired) electrons. The highest BCUT2D eigenvalue weighted by Gasteiger charge is 2.80. The Morgan fingerprint density at radius 3 is 2.24 bits per heavy atom. The van der Waals surface area contributed by atoms with Gasteiger partial charge >= 0.3 is 0 Å². The molecule has 204 valence electrons. The molecule has 2 saturated heterocycles. The maximum atomic E-state index is 15.1. The number of anilines is 1. The molecule has 5 rings (SSSR count). The Morgan fingerprint density at radius 1 is 0.974 bits per heavy atom. The third-order valence-corrected chi connectivity index (χ3v) is 8.45. The van der Waals surface area contributed by atoms with Gasteiger partial charge in [0.1, 0.15) is 6.23 Å². The second-order valence-corrected chi connectivity index (χ2v) is 14.3. The molecule has 2 aromatic rings. The Kier molecular flexibility index (Phi) is 6.03. The van der Waals surface area contributed by atoms with Crippen LogP contribution in [0.5, 0.6) is 0 Å². The van der Waals surface area contributed by atoms with Crippen molar-refractivity contribution in [3.63, 3.8) is 0 Å². The van der Waals surface area contributed by atoms with Crippen LogP contribution in [0.1, 0.15) is 84.2 Å². The number of likely N-dealkylation sites (tertiary alicyclic amines) is 1. The Labute approximate surface area is 227 Å². The van der Waals surface area contributed by atoms with E-state index in [2.05, 4.69) is 72.1 Å². The quantitative estimate of drug-likeness (QED) is 0.543. The Bertz CT molecular complexity index is 1240. The molecule has 2 amide bonds. The van der Waals surface area contributed by atoms with E-state index in [1.165, 1.54) is 0 Å². The molecule has 4 atom stereocenters. The minimum absolute atomic E-state index is 0.0149. The summed E-state index contributed by atoms with van der Waals surface area (Å²) in [6.45, 7) is 17.5. The first kappa shape index (κ1) is 26.7. The van der Waals surface area contributed by atoms with E-state index >= 15 is 4.79 Å². The zero-order valence-electron chi connectivity index (χ0n) is 24.1. The number of nitrogens with one attached hydrogen (secondary N) is 2. The summed E-state index contributed by atoms with van der Waals surface area (Å²) in [4.78, 5) is 31.3. The lowest BCUT2D eigenvalue weighted by atomic mass is 9.60. The lowest BCUT2D eigenvalue weighted by Gasteiger charge is -2.49. The molecule has 38 heavy (non-hydrogen) atoms. The molecule has 0 saturated carbocycles. The number of fused-ring (bicyclic) bond motifs is 1. The van der Waals surface area contributed by atoms with Gasteiger partial charge < -0.3 is 20.3 Å². The van der Waals surface area contributed by atoms with Crippen molar-refractivity contribution in [2.45, 2.75) is 97.1 Å². The number of hydrogen-bond acceptors (Lipinski definition) is 4. The second kappa shape index (κ2) is 8.57. The highest BCUT2D eigenvalue weighted by Crippen LogP contribution is 2.65. The summed E-state index contributed by atoms with van der Waals surface area (Å²) in [6.07, 6.45) is 0.497. The summed E-state index contributed by atoms with van der Waals surface area (Å²) in [5.41, 5.74) is -0.220. The van der Waals surface area contributed by atoms with Gasteiger partial charge in [-0.25, -0.2) is 0 Å². The number of ether oxygens (including phenoxy) is 1. The molecule has 0 aliphatic carbocycles. The molecule has 2 N–H and O–H groups in total. The van der Waals surface area contributed by atoms with E-state index < -0.39 is 34.2 Å². The largest absolute Gasteiger partial charge is 0.359 e. The molecule has 2 aromatic carbocycles. The monoisotopic (exact) mass is 517 g/mol. The smallest absolute Gasteiger partial charge is 0.254 e. The molecule has 1 spiro atoms. The highest BCUT2D eigenvalue weighted by molar-refractivity contribution is 6.02. The predicted molar refractivity (Wildman–Crippen MR) is 151 cm³/mol. The maximum Gasteiger partial charge on any atom is 0.254 e. The van der Waals surface area contributed by atoms with Crippen molar-refractivity contribution >= 4 is 17.5 Å². The fourth-order valence-corrected chi connectivity index (χ4v) is 7.78. The minimum atomic E-state index is -1.24. The zero-order valence-corrected chi connectivity index (χ0v) is 24.1. The summed E-state index contributed by atoms with van der Waals surface area (Å²) < 4.78 is 6.88. The van der Waals surface area contributed by atoms with Crippen LogP contribution in [0.25, 0.3) is 0 Å². The van der Waals surface area contributed by atoms with E-state index in [-0.39, 0.29) is 17.2 Å². The SMILES string of the molecule is CC(C)(C)CC(C)(C)NC(=O)[C@]12[C@@H](C(C)(C)C)O[C@@H]3Nc4ccccc4[C@@]31CCN2C(=O)c1ccccc1. The predicted octanol–water partition coefficient (Wildman–Crippen LogP) is 5.74. The maximum absolute atomic E-state index is 15.1. The van der Waals surface area contributed by atoms with Gasteiger partial charge in [0.15, 0.2) is 5.54 Å². The average molecular weight is 518 g/mol. The zero-order chi connectivity index (χ0) is 27.7. The van der Waals surface area contributed by atoms with E-state index in [0.717, 1.165) is 17.7 Å². The molecular formula is C32H43N3O3. The first-order chi connectivity index (χ1) is 17.6. The van der Waals surface area contributed by atoms with Crippen molar-refractivity contribution < 1.29 is 14.3 Å². The Hall–Kier alpha value is -2.86. The first-order valence-electron chi connectivity index (χ1n) is 13.8. The van der Waals surface area contributed by atoms with Gasteiger partial charge in [0.2, 0.25) is 5.91 Å². The van der Waals surface area contributed by atoms with E-state index in [0.29, 0.717) is 18.5 Å². The van der Waals surface area contributed by atoms with Crippen LogP contribution < -0.4 is 10.6 Å². The number of nitrogens with zero attached hydrogens (tertiary/aromatic N) is 1. The van der Waals surface area contributed by atoms with Gasteiger partial charge in [-0.1, -0.05) is 77.9 Å². The molecule has 6 nitrogen and oxygen atoms in total.